The van der Waals surface area contributed by atoms with Crippen LogP contribution in [0.4, 0.5) is 5.69 Å². The molecule has 0 bridgehead atoms. The van der Waals surface area contributed by atoms with Crippen molar-refractivity contribution in [3.05, 3.63) is 66.4 Å². The van der Waals surface area contributed by atoms with Gasteiger partial charge in [-0.15, -0.1) is 0 Å². The molecule has 1 fully saturated rings. The molecular weight excluding hydrogens is 408 g/mol. The lowest BCUT2D eigenvalue weighted by Crippen LogP contribution is -2.48. The lowest BCUT2D eigenvalue weighted by atomic mass is 9.97. The van der Waals surface area contributed by atoms with E-state index in [1.165, 1.54) is 5.57 Å². The fraction of sp³-hybridized carbons (Fsp3) is 0.280. The predicted octanol–water partition coefficient (Wildman–Crippen LogP) is 3.55. The summed E-state index contributed by atoms with van der Waals surface area (Å²) >= 11 is 0. The highest BCUT2D eigenvalue weighted by molar-refractivity contribution is 5.96. The Morgan fingerprint density at radius 1 is 1.16 bits per heavy atom. The summed E-state index contributed by atoms with van der Waals surface area (Å²) in [5.41, 5.74) is 3.95. The quantitative estimate of drug-likeness (QED) is 0.664. The van der Waals surface area contributed by atoms with Crippen molar-refractivity contribution in [1.29, 1.82) is 0 Å². The lowest BCUT2D eigenvalue weighted by molar-refractivity contribution is -0.130. The average Bonchev–Trinajstić information content (AvgIpc) is 2.84. The van der Waals surface area contributed by atoms with Gasteiger partial charge in [0.2, 0.25) is 0 Å². The van der Waals surface area contributed by atoms with Gasteiger partial charge in [0.25, 0.3) is 5.91 Å². The number of carbonyl (C=O) groups excluding carboxylic acids is 1. The lowest BCUT2D eigenvalue weighted by Gasteiger charge is -2.32. The van der Waals surface area contributed by atoms with Gasteiger partial charge in [-0.2, -0.15) is 0 Å². The van der Waals surface area contributed by atoms with E-state index in [2.05, 4.69) is 23.2 Å². The summed E-state index contributed by atoms with van der Waals surface area (Å²) in [4.78, 5) is 18.6. The van der Waals surface area contributed by atoms with Gasteiger partial charge >= 0.3 is 0 Å². The Labute approximate surface area is 185 Å². The van der Waals surface area contributed by atoms with Crippen LogP contribution in [0.15, 0.2) is 60.8 Å². The van der Waals surface area contributed by atoms with Gasteiger partial charge in [-0.3, -0.25) is 9.78 Å². The van der Waals surface area contributed by atoms with E-state index in [1.807, 2.05) is 12.1 Å². The third kappa shape index (κ3) is 4.17. The first-order valence-corrected chi connectivity index (χ1v) is 10.7. The molecule has 1 N–H and O–H groups in total. The van der Waals surface area contributed by atoms with Crippen molar-refractivity contribution in [2.75, 3.05) is 37.9 Å². The number of nitrogens with zero attached hydrogens (tertiary/aromatic N) is 2. The van der Waals surface area contributed by atoms with E-state index >= 15 is 0 Å². The minimum Gasteiger partial charge on any atom is -0.508 e. The Bertz CT molecular complexity index is 1160. The van der Waals surface area contributed by atoms with E-state index in [1.54, 1.807) is 35.4 Å². The maximum Gasteiger partial charge on any atom is 0.253 e. The number of amides is 1. The Kier molecular flexibility index (Phi) is 5.75. The molecule has 2 aliphatic rings. The number of phenols is 1. The Hall–Kier alpha value is -3.42. The minimum absolute atomic E-state index is 0.0108. The molecule has 2 aromatic carbocycles. The van der Waals surface area contributed by atoms with Gasteiger partial charge in [0.15, 0.2) is 0 Å². The number of carbonyl (C=O) groups is 1. The van der Waals surface area contributed by atoms with E-state index in [0.29, 0.717) is 25.5 Å². The van der Waals surface area contributed by atoms with Crippen LogP contribution in [0, 0.1) is 0 Å². The molecule has 0 radical (unpaired) electrons. The summed E-state index contributed by atoms with van der Waals surface area (Å²) in [6.45, 7) is 2.01. The number of anilines is 1. The fourth-order valence-electron chi connectivity index (χ4n) is 4.11. The molecule has 0 saturated carbocycles. The van der Waals surface area contributed by atoms with Crippen LogP contribution in [0.3, 0.4) is 0 Å². The summed E-state index contributed by atoms with van der Waals surface area (Å²) < 4.78 is 17.3. The summed E-state index contributed by atoms with van der Waals surface area (Å²) in [5, 5.41) is 10.6. The van der Waals surface area contributed by atoms with Gasteiger partial charge in [-0.05, 0) is 54.0 Å². The first kappa shape index (κ1) is 20.5. The topological polar surface area (TPSA) is 81.1 Å². The van der Waals surface area contributed by atoms with Gasteiger partial charge < -0.3 is 24.2 Å². The Balaban J connectivity index is 1.33. The number of ether oxygens (including phenoxy) is 3. The molecule has 3 aromatic rings. The van der Waals surface area contributed by atoms with Gasteiger partial charge in [0.05, 0.1) is 19.8 Å². The fourth-order valence-corrected chi connectivity index (χ4v) is 4.11. The molecule has 2 aliphatic heterocycles. The monoisotopic (exact) mass is 432 g/mol. The van der Waals surface area contributed by atoms with E-state index in [-0.39, 0.29) is 24.4 Å². The zero-order valence-electron chi connectivity index (χ0n) is 17.6. The molecule has 1 aromatic heterocycles. The molecule has 1 atom stereocenters. The first-order chi connectivity index (χ1) is 15.7. The highest BCUT2D eigenvalue weighted by Gasteiger charge is 2.28. The maximum atomic E-state index is 12.3. The third-order valence-corrected chi connectivity index (χ3v) is 5.76. The number of morpholine rings is 1. The number of hydrogen-bond donors (Lipinski definition) is 1. The predicted molar refractivity (Wildman–Crippen MR) is 121 cm³/mol. The van der Waals surface area contributed by atoms with Crippen LogP contribution in [0.5, 0.6) is 11.5 Å². The van der Waals surface area contributed by atoms with Gasteiger partial charge in [-0.1, -0.05) is 18.2 Å². The minimum atomic E-state index is -0.279. The maximum absolute atomic E-state index is 12.3. The summed E-state index contributed by atoms with van der Waals surface area (Å²) in [6, 6.07) is 14.6. The van der Waals surface area contributed by atoms with E-state index in [4.69, 9.17) is 14.2 Å². The first-order valence-electron chi connectivity index (χ1n) is 10.7. The van der Waals surface area contributed by atoms with Crippen LogP contribution < -0.4 is 9.64 Å². The average molecular weight is 432 g/mol. The van der Waals surface area contributed by atoms with Gasteiger partial charge in [-0.25, -0.2) is 0 Å². The highest BCUT2D eigenvalue weighted by atomic mass is 16.5. The van der Waals surface area contributed by atoms with Gasteiger partial charge in [0.1, 0.15) is 36.3 Å². The summed E-state index contributed by atoms with van der Waals surface area (Å²) in [7, 11) is 0. The van der Waals surface area contributed by atoms with Crippen LogP contribution in [-0.4, -0.2) is 55.1 Å². The number of fused-ring (bicyclic) bond motifs is 1. The van der Waals surface area contributed by atoms with Crippen molar-refractivity contribution in [2.45, 2.75) is 12.5 Å². The van der Waals surface area contributed by atoms with Crippen molar-refractivity contribution >= 4 is 28.1 Å². The molecule has 7 nitrogen and oxygen atoms in total. The highest BCUT2D eigenvalue weighted by Crippen LogP contribution is 2.33. The molecule has 7 heteroatoms. The molecule has 1 unspecified atom stereocenters. The molecule has 1 saturated heterocycles. The molecule has 5 rings (SSSR count). The Morgan fingerprint density at radius 2 is 2.03 bits per heavy atom. The van der Waals surface area contributed by atoms with E-state index < -0.39 is 0 Å². The van der Waals surface area contributed by atoms with Crippen molar-refractivity contribution in [2.24, 2.45) is 0 Å². The second-order valence-electron chi connectivity index (χ2n) is 7.83. The molecule has 1 amide bonds. The number of hydrogen-bond acceptors (Lipinski definition) is 6. The molecule has 32 heavy (non-hydrogen) atoms. The standard InChI is InChI=1S/C25H24N2O5/c28-19-5-3-18(4-6-19)27-14-20(31-16-24(27)29)15-32-23-8-7-21(17-9-12-30-13-10-17)22-2-1-11-26-25(22)23/h1-9,11,20,28H,10,12-16H2. The van der Waals surface area contributed by atoms with Gasteiger partial charge in [0, 0.05) is 17.3 Å². The summed E-state index contributed by atoms with van der Waals surface area (Å²) in [6.07, 6.45) is 4.48. The third-order valence-electron chi connectivity index (χ3n) is 5.76. The van der Waals surface area contributed by atoms with Crippen molar-refractivity contribution in [3.63, 3.8) is 0 Å². The summed E-state index contributed by atoms with van der Waals surface area (Å²) in [5.74, 6) is 0.732. The van der Waals surface area contributed by atoms with E-state index in [0.717, 1.165) is 35.2 Å². The largest absolute Gasteiger partial charge is 0.508 e. The number of benzene rings is 2. The van der Waals surface area contributed by atoms with Crippen molar-refractivity contribution < 1.29 is 24.1 Å². The second-order valence-corrected chi connectivity index (χ2v) is 7.83. The zero-order valence-corrected chi connectivity index (χ0v) is 17.6. The Morgan fingerprint density at radius 3 is 2.84 bits per heavy atom. The molecule has 3 heterocycles. The molecule has 164 valence electrons. The zero-order chi connectivity index (χ0) is 21.9. The smallest absolute Gasteiger partial charge is 0.253 e. The number of phenolic OH excluding ortho intramolecular Hbond substituents is 1. The van der Waals surface area contributed by atoms with E-state index in [9.17, 15) is 9.90 Å². The number of aromatic hydroxyl groups is 1. The second kappa shape index (κ2) is 8.98. The molecule has 0 spiro atoms. The molecule has 0 aliphatic carbocycles. The van der Waals surface area contributed by atoms with Crippen LogP contribution in [0.2, 0.25) is 0 Å². The van der Waals surface area contributed by atoms with Crippen LogP contribution in [0.1, 0.15) is 12.0 Å². The molecular formula is C25H24N2O5. The SMILES string of the molecule is O=C1COC(COc2ccc(C3=CCOCC3)c3cccnc23)CN1c1ccc(O)cc1. The van der Waals surface area contributed by atoms with Crippen molar-refractivity contribution in [1.82, 2.24) is 4.98 Å². The number of aromatic nitrogens is 1. The number of rotatable bonds is 5. The number of pyridine rings is 1. The van der Waals surface area contributed by atoms with Crippen LogP contribution >= 0.6 is 0 Å². The normalized spacial score (nSPS) is 19.1. The van der Waals surface area contributed by atoms with Crippen molar-refractivity contribution in [3.8, 4) is 11.5 Å². The van der Waals surface area contributed by atoms with Crippen LogP contribution in [0.25, 0.3) is 16.5 Å². The van der Waals surface area contributed by atoms with Crippen LogP contribution in [-0.2, 0) is 14.3 Å².